The molecule has 88 valence electrons. The molecule has 1 rings (SSSR count). The van der Waals surface area contributed by atoms with E-state index < -0.39 is 0 Å². The number of benzene rings is 1. The van der Waals surface area contributed by atoms with Crippen LogP contribution in [0.15, 0.2) is 18.2 Å². The molecule has 0 saturated carbocycles. The van der Waals surface area contributed by atoms with E-state index in [-0.39, 0.29) is 11.6 Å². The predicted molar refractivity (Wildman–Crippen MR) is 63.4 cm³/mol. The molecule has 0 unspecified atom stereocenters. The van der Waals surface area contributed by atoms with Gasteiger partial charge in [-0.15, -0.1) is 0 Å². The molecule has 0 amide bonds. The number of carbonyl (C=O) groups excluding carboxylic acids is 1. The average molecular weight is 224 g/mol. The molecule has 0 fully saturated rings. The lowest BCUT2D eigenvalue weighted by atomic mass is 10.1. The molecule has 1 aromatic rings. The van der Waals surface area contributed by atoms with Gasteiger partial charge in [-0.3, -0.25) is 4.79 Å². The minimum Gasteiger partial charge on any atom is -0.381 e. The van der Waals surface area contributed by atoms with Gasteiger partial charge in [0.1, 0.15) is 5.82 Å². The Morgan fingerprint density at radius 1 is 1.44 bits per heavy atom. The second kappa shape index (κ2) is 5.61. The van der Waals surface area contributed by atoms with E-state index in [1.807, 2.05) is 19.0 Å². The van der Waals surface area contributed by atoms with Crippen molar-refractivity contribution in [1.29, 1.82) is 0 Å². The first-order valence-electron chi connectivity index (χ1n) is 5.20. The maximum atomic E-state index is 13.4. The second-order valence-electron chi connectivity index (χ2n) is 3.98. The third-order valence-electron chi connectivity index (χ3n) is 2.25. The molecular weight excluding hydrogens is 207 g/mol. The molecule has 0 heterocycles. The quantitative estimate of drug-likeness (QED) is 0.776. The van der Waals surface area contributed by atoms with E-state index >= 15 is 0 Å². The fraction of sp³-hybridized carbons (Fsp3) is 0.417. The van der Waals surface area contributed by atoms with Crippen LogP contribution in [0.25, 0.3) is 0 Å². The summed E-state index contributed by atoms with van der Waals surface area (Å²) in [7, 11) is 3.90. The smallest absolute Gasteiger partial charge is 0.159 e. The highest BCUT2D eigenvalue weighted by atomic mass is 19.1. The van der Waals surface area contributed by atoms with Gasteiger partial charge in [0, 0.05) is 18.7 Å². The van der Waals surface area contributed by atoms with Crippen LogP contribution in [-0.2, 0) is 0 Å². The van der Waals surface area contributed by atoms with E-state index in [0.29, 0.717) is 17.8 Å². The summed E-state index contributed by atoms with van der Waals surface area (Å²) < 4.78 is 13.4. The highest BCUT2D eigenvalue weighted by Crippen LogP contribution is 2.16. The lowest BCUT2D eigenvalue weighted by Crippen LogP contribution is -2.21. The lowest BCUT2D eigenvalue weighted by molar-refractivity contribution is 0.101. The van der Waals surface area contributed by atoms with Crippen LogP contribution in [-0.4, -0.2) is 37.9 Å². The first-order chi connectivity index (χ1) is 7.50. The highest BCUT2D eigenvalue weighted by Gasteiger charge is 2.05. The molecule has 0 radical (unpaired) electrons. The van der Waals surface area contributed by atoms with Crippen molar-refractivity contribution >= 4 is 11.5 Å². The minimum atomic E-state index is -0.330. The molecule has 1 aromatic carbocycles. The first-order valence-corrected chi connectivity index (χ1v) is 5.20. The van der Waals surface area contributed by atoms with Gasteiger partial charge < -0.3 is 10.2 Å². The van der Waals surface area contributed by atoms with Crippen molar-refractivity contribution < 1.29 is 9.18 Å². The van der Waals surface area contributed by atoms with Gasteiger partial charge in [0.25, 0.3) is 0 Å². The summed E-state index contributed by atoms with van der Waals surface area (Å²) in [5, 5.41) is 2.97. The van der Waals surface area contributed by atoms with Crippen molar-refractivity contribution in [2.45, 2.75) is 6.92 Å². The zero-order valence-corrected chi connectivity index (χ0v) is 9.88. The van der Waals surface area contributed by atoms with Gasteiger partial charge in [0.05, 0.1) is 5.69 Å². The Morgan fingerprint density at radius 2 is 2.12 bits per heavy atom. The normalized spacial score (nSPS) is 10.6. The summed E-state index contributed by atoms with van der Waals surface area (Å²) in [5.74, 6) is -0.389. The fourth-order valence-corrected chi connectivity index (χ4v) is 1.29. The van der Waals surface area contributed by atoms with Crippen LogP contribution in [0.4, 0.5) is 10.1 Å². The molecule has 0 aliphatic rings. The van der Waals surface area contributed by atoms with Gasteiger partial charge in [-0.1, -0.05) is 0 Å². The van der Waals surface area contributed by atoms with Crippen LogP contribution in [0.2, 0.25) is 0 Å². The minimum absolute atomic E-state index is 0.0596. The number of nitrogens with one attached hydrogen (secondary N) is 1. The molecule has 0 aliphatic heterocycles. The summed E-state index contributed by atoms with van der Waals surface area (Å²) >= 11 is 0. The second-order valence-corrected chi connectivity index (χ2v) is 3.98. The van der Waals surface area contributed by atoms with Gasteiger partial charge in [-0.25, -0.2) is 4.39 Å². The molecule has 0 bridgehead atoms. The van der Waals surface area contributed by atoms with E-state index in [2.05, 4.69) is 5.32 Å². The van der Waals surface area contributed by atoms with E-state index in [9.17, 15) is 9.18 Å². The molecule has 16 heavy (non-hydrogen) atoms. The third-order valence-corrected chi connectivity index (χ3v) is 2.25. The van der Waals surface area contributed by atoms with Crippen LogP contribution in [0.1, 0.15) is 17.3 Å². The summed E-state index contributed by atoms with van der Waals surface area (Å²) in [6, 6.07) is 4.36. The van der Waals surface area contributed by atoms with Gasteiger partial charge in [-0.05, 0) is 39.2 Å². The molecule has 0 atom stereocenters. The average Bonchev–Trinajstić information content (AvgIpc) is 2.20. The number of hydrogen-bond donors (Lipinski definition) is 1. The molecule has 4 heteroatoms. The Morgan fingerprint density at radius 3 is 2.69 bits per heavy atom. The van der Waals surface area contributed by atoms with Gasteiger partial charge in [0.2, 0.25) is 0 Å². The van der Waals surface area contributed by atoms with Crippen molar-refractivity contribution in [3.05, 3.63) is 29.6 Å². The molecule has 0 aromatic heterocycles. The van der Waals surface area contributed by atoms with Crippen molar-refractivity contribution in [2.24, 2.45) is 0 Å². The Balaban J connectivity index is 2.70. The molecule has 1 N–H and O–H groups in total. The van der Waals surface area contributed by atoms with E-state index in [0.717, 1.165) is 6.54 Å². The van der Waals surface area contributed by atoms with Crippen LogP contribution in [0, 0.1) is 5.82 Å². The summed E-state index contributed by atoms with van der Waals surface area (Å²) in [5.41, 5.74) is 0.906. The largest absolute Gasteiger partial charge is 0.381 e. The number of rotatable bonds is 5. The number of Topliss-reactive ketones (excluding diaryl/α,β-unsaturated/α-hetero) is 1. The Bertz CT molecular complexity index is 377. The monoisotopic (exact) mass is 224 g/mol. The lowest BCUT2D eigenvalue weighted by Gasteiger charge is -2.12. The Hall–Kier alpha value is -1.42. The van der Waals surface area contributed by atoms with Crippen LogP contribution in [0.5, 0.6) is 0 Å². The summed E-state index contributed by atoms with van der Waals surface area (Å²) in [4.78, 5) is 13.1. The number of halogens is 1. The van der Waals surface area contributed by atoms with Crippen LogP contribution in [0.3, 0.4) is 0 Å². The number of carbonyl (C=O) groups is 1. The Kier molecular flexibility index (Phi) is 4.43. The van der Waals surface area contributed by atoms with Gasteiger partial charge >= 0.3 is 0 Å². The summed E-state index contributed by atoms with van der Waals surface area (Å²) in [6.07, 6.45) is 0. The zero-order valence-electron chi connectivity index (χ0n) is 9.88. The molecular formula is C12H17FN2O. The van der Waals surface area contributed by atoms with Gasteiger partial charge in [-0.2, -0.15) is 0 Å². The summed E-state index contributed by atoms with van der Waals surface area (Å²) in [6.45, 7) is 2.92. The number of anilines is 1. The van der Waals surface area contributed by atoms with E-state index in [4.69, 9.17) is 0 Å². The predicted octanol–water partition coefficient (Wildman–Crippen LogP) is 2.00. The van der Waals surface area contributed by atoms with Crippen molar-refractivity contribution in [3.8, 4) is 0 Å². The molecule has 0 saturated heterocycles. The SMILES string of the molecule is CC(=O)c1ccc(F)c(NCCN(C)C)c1. The highest BCUT2D eigenvalue weighted by molar-refractivity contribution is 5.94. The van der Waals surface area contributed by atoms with Crippen molar-refractivity contribution in [1.82, 2.24) is 4.90 Å². The first kappa shape index (κ1) is 12.6. The number of likely N-dealkylation sites (N-methyl/N-ethyl adjacent to an activating group) is 1. The topological polar surface area (TPSA) is 32.3 Å². The standard InChI is InChI=1S/C12H17FN2O/c1-9(16)10-4-5-11(13)12(8-10)14-6-7-15(2)3/h4-5,8,14H,6-7H2,1-3H3. The third kappa shape index (κ3) is 3.62. The van der Waals surface area contributed by atoms with E-state index in [1.165, 1.54) is 19.1 Å². The van der Waals surface area contributed by atoms with Crippen molar-refractivity contribution in [2.75, 3.05) is 32.5 Å². The number of nitrogens with zero attached hydrogens (tertiary/aromatic N) is 1. The molecule has 3 nitrogen and oxygen atoms in total. The number of ketones is 1. The van der Waals surface area contributed by atoms with E-state index in [1.54, 1.807) is 6.07 Å². The maximum absolute atomic E-state index is 13.4. The molecule has 0 spiro atoms. The molecule has 0 aliphatic carbocycles. The Labute approximate surface area is 95.3 Å². The number of hydrogen-bond acceptors (Lipinski definition) is 3. The fourth-order valence-electron chi connectivity index (χ4n) is 1.29. The van der Waals surface area contributed by atoms with Gasteiger partial charge in [0.15, 0.2) is 5.78 Å². The van der Waals surface area contributed by atoms with Crippen molar-refractivity contribution in [3.63, 3.8) is 0 Å². The maximum Gasteiger partial charge on any atom is 0.159 e. The van der Waals surface area contributed by atoms with Crippen LogP contribution >= 0.6 is 0 Å². The zero-order chi connectivity index (χ0) is 12.1. The van der Waals surface area contributed by atoms with Crippen LogP contribution < -0.4 is 5.32 Å².